The Balaban J connectivity index is 1.57. The second-order valence-corrected chi connectivity index (χ2v) is 7.21. The molecule has 0 spiro atoms. The number of quaternary nitrogens is 1. The fourth-order valence-corrected chi connectivity index (χ4v) is 3.35. The van der Waals surface area contributed by atoms with E-state index in [0.29, 0.717) is 28.9 Å². The maximum absolute atomic E-state index is 12.3. The zero-order valence-electron chi connectivity index (χ0n) is 14.4. The van der Waals surface area contributed by atoms with Crippen LogP contribution in [0.15, 0.2) is 46.4 Å². The number of methoxy groups -OCH3 is 1. The van der Waals surface area contributed by atoms with Crippen molar-refractivity contribution in [1.82, 2.24) is 4.98 Å². The molecule has 2 N–H and O–H groups in total. The molecule has 3 rings (SSSR count). The van der Waals surface area contributed by atoms with Gasteiger partial charge in [-0.05, 0) is 29.6 Å². The predicted octanol–water partition coefficient (Wildman–Crippen LogP) is 2.72. The van der Waals surface area contributed by atoms with E-state index in [1.54, 1.807) is 42.9 Å². The summed E-state index contributed by atoms with van der Waals surface area (Å²) in [5.74, 6) is 1.04. The molecule has 0 bridgehead atoms. The normalized spacial score (nSPS) is 12.0. The minimum atomic E-state index is -0.134. The van der Waals surface area contributed by atoms with Gasteiger partial charge in [0, 0.05) is 5.02 Å². The maximum atomic E-state index is 12.3. The Morgan fingerprint density at radius 2 is 2.27 bits per heavy atom. The zero-order valence-corrected chi connectivity index (χ0v) is 16.0. The second-order valence-electron chi connectivity index (χ2n) is 5.82. The van der Waals surface area contributed by atoms with Crippen LogP contribution >= 0.6 is 22.9 Å². The summed E-state index contributed by atoms with van der Waals surface area (Å²) in [7, 11) is 3.47. The van der Waals surface area contributed by atoms with Crippen LogP contribution in [-0.2, 0) is 11.3 Å². The SMILES string of the molecule is COc1ccc(Cl)cc1NC(=O)C[NH+](C)Cc1coc(-c2cccs2)n1. The van der Waals surface area contributed by atoms with Crippen molar-refractivity contribution < 1.29 is 18.8 Å². The van der Waals surface area contributed by atoms with E-state index in [4.69, 9.17) is 20.8 Å². The molecule has 6 nitrogen and oxygen atoms in total. The third-order valence-corrected chi connectivity index (χ3v) is 4.76. The van der Waals surface area contributed by atoms with E-state index in [-0.39, 0.29) is 12.5 Å². The highest BCUT2D eigenvalue weighted by atomic mass is 35.5. The molecular formula is C18H19ClN3O3S+. The van der Waals surface area contributed by atoms with Crippen LogP contribution < -0.4 is 15.0 Å². The molecule has 2 aromatic heterocycles. The fraction of sp³-hybridized carbons (Fsp3) is 0.222. The number of nitrogens with zero attached hydrogens (tertiary/aromatic N) is 1. The monoisotopic (exact) mass is 392 g/mol. The summed E-state index contributed by atoms with van der Waals surface area (Å²) in [4.78, 5) is 18.8. The Hall–Kier alpha value is -2.35. The lowest BCUT2D eigenvalue weighted by atomic mass is 10.3. The molecule has 1 unspecified atom stereocenters. The minimum Gasteiger partial charge on any atom is -0.495 e. The summed E-state index contributed by atoms with van der Waals surface area (Å²) in [5, 5.41) is 5.35. The molecule has 0 radical (unpaired) electrons. The fourth-order valence-electron chi connectivity index (χ4n) is 2.52. The molecule has 2 heterocycles. The lowest BCUT2D eigenvalue weighted by Crippen LogP contribution is -3.08. The number of oxazole rings is 1. The highest BCUT2D eigenvalue weighted by Crippen LogP contribution is 2.27. The van der Waals surface area contributed by atoms with Crippen LogP contribution in [0.25, 0.3) is 10.8 Å². The predicted molar refractivity (Wildman–Crippen MR) is 102 cm³/mol. The third kappa shape index (κ3) is 4.63. The number of aromatic nitrogens is 1. The molecule has 0 aliphatic rings. The van der Waals surface area contributed by atoms with Crippen LogP contribution in [0.5, 0.6) is 5.75 Å². The van der Waals surface area contributed by atoms with Gasteiger partial charge in [0.05, 0.1) is 24.7 Å². The van der Waals surface area contributed by atoms with E-state index in [1.807, 2.05) is 24.6 Å². The van der Waals surface area contributed by atoms with Crippen LogP contribution in [0.1, 0.15) is 5.69 Å². The van der Waals surface area contributed by atoms with Crippen molar-refractivity contribution >= 4 is 34.5 Å². The van der Waals surface area contributed by atoms with Crippen molar-refractivity contribution in [2.24, 2.45) is 0 Å². The first-order valence-electron chi connectivity index (χ1n) is 7.98. The average Bonchev–Trinajstić information content (AvgIpc) is 3.26. The number of amides is 1. The molecule has 0 aliphatic heterocycles. The molecule has 0 fully saturated rings. The van der Waals surface area contributed by atoms with Crippen LogP contribution in [0.2, 0.25) is 5.02 Å². The summed E-state index contributed by atoms with van der Waals surface area (Å²) in [6, 6.07) is 9.01. The molecular weight excluding hydrogens is 374 g/mol. The van der Waals surface area contributed by atoms with Crippen molar-refractivity contribution in [2.45, 2.75) is 6.54 Å². The molecule has 3 aromatic rings. The van der Waals surface area contributed by atoms with Gasteiger partial charge in [0.1, 0.15) is 24.3 Å². The van der Waals surface area contributed by atoms with Gasteiger partial charge in [0.25, 0.3) is 5.91 Å². The Morgan fingerprint density at radius 1 is 1.42 bits per heavy atom. The molecule has 0 saturated heterocycles. The van der Waals surface area contributed by atoms with Gasteiger partial charge >= 0.3 is 0 Å². The van der Waals surface area contributed by atoms with Gasteiger partial charge in [-0.15, -0.1) is 11.3 Å². The number of likely N-dealkylation sites (N-methyl/N-ethyl adjacent to an activating group) is 1. The van der Waals surface area contributed by atoms with Crippen molar-refractivity contribution in [3.8, 4) is 16.5 Å². The van der Waals surface area contributed by atoms with Crippen molar-refractivity contribution in [3.05, 3.63) is 52.7 Å². The lowest BCUT2D eigenvalue weighted by Gasteiger charge is -2.14. The average molecular weight is 393 g/mol. The number of thiophene rings is 1. The summed E-state index contributed by atoms with van der Waals surface area (Å²) in [6.07, 6.45) is 1.64. The van der Waals surface area contributed by atoms with Crippen LogP contribution in [0, 0.1) is 0 Å². The number of hydrogen-bond acceptors (Lipinski definition) is 5. The first-order valence-corrected chi connectivity index (χ1v) is 9.24. The molecule has 1 atom stereocenters. The number of ether oxygens (including phenoxy) is 1. The van der Waals surface area contributed by atoms with E-state index in [0.717, 1.165) is 15.5 Å². The summed E-state index contributed by atoms with van der Waals surface area (Å²) in [5.41, 5.74) is 1.36. The number of halogens is 1. The number of carbonyl (C=O) groups is 1. The highest BCUT2D eigenvalue weighted by Gasteiger charge is 2.16. The van der Waals surface area contributed by atoms with E-state index < -0.39 is 0 Å². The van der Waals surface area contributed by atoms with E-state index in [2.05, 4.69) is 10.3 Å². The van der Waals surface area contributed by atoms with Gasteiger partial charge in [-0.3, -0.25) is 4.79 Å². The Labute approximate surface area is 160 Å². The van der Waals surface area contributed by atoms with Gasteiger partial charge in [0.2, 0.25) is 5.89 Å². The minimum absolute atomic E-state index is 0.134. The van der Waals surface area contributed by atoms with E-state index in [1.165, 1.54) is 0 Å². The van der Waals surface area contributed by atoms with Gasteiger partial charge in [0.15, 0.2) is 6.54 Å². The van der Waals surface area contributed by atoms with Crippen molar-refractivity contribution in [3.63, 3.8) is 0 Å². The van der Waals surface area contributed by atoms with Gasteiger partial charge in [-0.2, -0.15) is 0 Å². The Morgan fingerprint density at radius 3 is 3.00 bits per heavy atom. The molecule has 26 heavy (non-hydrogen) atoms. The standard InChI is InChI=1S/C18H18ClN3O3S/c1-22(9-13-11-25-18(20-13)16-4-3-7-26-16)10-17(23)21-14-8-12(19)5-6-15(14)24-2/h3-8,11H,9-10H2,1-2H3,(H,21,23)/p+1. The summed E-state index contributed by atoms with van der Waals surface area (Å²) >= 11 is 7.56. The smallest absolute Gasteiger partial charge is 0.279 e. The number of nitrogens with one attached hydrogen (secondary N) is 2. The Kier molecular flexibility index (Phi) is 5.92. The summed E-state index contributed by atoms with van der Waals surface area (Å²) in [6.45, 7) is 0.853. The number of hydrogen-bond donors (Lipinski definition) is 2. The van der Waals surface area contributed by atoms with Crippen LogP contribution in [-0.4, -0.2) is 31.6 Å². The largest absolute Gasteiger partial charge is 0.495 e. The molecule has 0 saturated carbocycles. The molecule has 1 aromatic carbocycles. The molecule has 1 amide bonds. The quantitative estimate of drug-likeness (QED) is 0.648. The molecule has 136 valence electrons. The highest BCUT2D eigenvalue weighted by molar-refractivity contribution is 7.13. The maximum Gasteiger partial charge on any atom is 0.279 e. The second kappa shape index (κ2) is 8.35. The first kappa shape index (κ1) is 18.4. The van der Waals surface area contributed by atoms with Gasteiger partial charge in [-0.25, -0.2) is 4.98 Å². The Bertz CT molecular complexity index is 880. The summed E-state index contributed by atoms with van der Waals surface area (Å²) < 4.78 is 10.7. The zero-order chi connectivity index (χ0) is 18.5. The number of anilines is 1. The molecule has 0 aliphatic carbocycles. The van der Waals surface area contributed by atoms with Crippen LogP contribution in [0.3, 0.4) is 0 Å². The molecule has 8 heteroatoms. The van der Waals surface area contributed by atoms with E-state index in [9.17, 15) is 4.79 Å². The van der Waals surface area contributed by atoms with Gasteiger partial charge < -0.3 is 19.4 Å². The lowest BCUT2D eigenvalue weighted by molar-refractivity contribution is -0.885. The topological polar surface area (TPSA) is 68.8 Å². The first-order chi connectivity index (χ1) is 12.5. The number of rotatable bonds is 7. The van der Waals surface area contributed by atoms with Crippen LogP contribution in [0.4, 0.5) is 5.69 Å². The van der Waals surface area contributed by atoms with Crippen molar-refractivity contribution in [2.75, 3.05) is 26.0 Å². The van der Waals surface area contributed by atoms with Crippen molar-refractivity contribution in [1.29, 1.82) is 0 Å². The van der Waals surface area contributed by atoms with E-state index >= 15 is 0 Å². The number of benzene rings is 1. The number of carbonyl (C=O) groups excluding carboxylic acids is 1. The third-order valence-electron chi connectivity index (χ3n) is 3.66. The van der Waals surface area contributed by atoms with Gasteiger partial charge in [-0.1, -0.05) is 17.7 Å².